The third-order valence-corrected chi connectivity index (χ3v) is 6.95. The number of allylic oxidation sites excluding steroid dienone is 1. The van der Waals surface area contributed by atoms with E-state index in [9.17, 15) is 22.8 Å². The minimum atomic E-state index is -4.47. The molecule has 2 aliphatic heterocycles. The maximum absolute atomic E-state index is 13.6. The summed E-state index contributed by atoms with van der Waals surface area (Å²) in [5, 5.41) is 5.29. The third kappa shape index (κ3) is 6.12. The van der Waals surface area contributed by atoms with E-state index in [-0.39, 0.29) is 18.2 Å². The average Bonchev–Trinajstić information content (AvgIpc) is 3.19. The number of alkyl halides is 3. The predicted molar refractivity (Wildman–Crippen MR) is 136 cm³/mol. The highest BCUT2D eigenvalue weighted by molar-refractivity contribution is 8.16. The summed E-state index contributed by atoms with van der Waals surface area (Å²) < 4.78 is 39.7. The van der Waals surface area contributed by atoms with Crippen molar-refractivity contribution < 1.29 is 22.8 Å². The zero-order valence-electron chi connectivity index (χ0n) is 21.1. The molecule has 0 bridgehead atoms. The highest BCUT2D eigenvalue weighted by Gasteiger charge is 2.41. The van der Waals surface area contributed by atoms with Gasteiger partial charge < -0.3 is 20.0 Å². The van der Waals surface area contributed by atoms with Gasteiger partial charge >= 0.3 is 6.18 Å². The molecule has 11 heteroatoms. The van der Waals surface area contributed by atoms with Crippen molar-refractivity contribution in [1.29, 1.82) is 0 Å². The van der Waals surface area contributed by atoms with E-state index in [1.54, 1.807) is 11.8 Å². The number of hydrogen-bond acceptors (Lipinski definition) is 6. The lowest BCUT2D eigenvalue weighted by Gasteiger charge is -2.38. The molecule has 36 heavy (non-hydrogen) atoms. The number of nitrogens with one attached hydrogen (secondary N) is 1. The molecule has 0 radical (unpaired) electrons. The van der Waals surface area contributed by atoms with Crippen molar-refractivity contribution >= 4 is 28.7 Å². The minimum Gasteiger partial charge on any atom is -0.354 e. The number of amidine groups is 1. The summed E-state index contributed by atoms with van der Waals surface area (Å²) in [6.45, 7) is 7.62. The number of rotatable bonds is 9. The summed E-state index contributed by atoms with van der Waals surface area (Å²) in [7, 11) is 3.83. The largest absolute Gasteiger partial charge is 0.416 e. The molecule has 1 N–H and O–H groups in total. The van der Waals surface area contributed by atoms with E-state index >= 15 is 0 Å². The van der Waals surface area contributed by atoms with Crippen molar-refractivity contribution in [3.8, 4) is 0 Å². The van der Waals surface area contributed by atoms with Crippen molar-refractivity contribution in [2.24, 2.45) is 4.99 Å². The highest BCUT2D eigenvalue weighted by atomic mass is 32.2. The summed E-state index contributed by atoms with van der Waals surface area (Å²) in [5.41, 5.74) is 1.30. The monoisotopic (exact) mass is 523 g/mol. The lowest BCUT2D eigenvalue weighted by Crippen LogP contribution is -2.42. The number of fused-ring (bicyclic) bond motifs is 1. The van der Waals surface area contributed by atoms with Crippen LogP contribution in [0.5, 0.6) is 0 Å². The summed E-state index contributed by atoms with van der Waals surface area (Å²) >= 11 is 1.33. The quantitative estimate of drug-likeness (QED) is 0.525. The molecule has 0 fully saturated rings. The molecular weight excluding hydrogens is 491 g/mol. The topological polar surface area (TPSA) is 68.2 Å². The van der Waals surface area contributed by atoms with Crippen molar-refractivity contribution in [1.82, 2.24) is 20.0 Å². The van der Waals surface area contributed by atoms with Crippen LogP contribution in [-0.4, -0.2) is 72.0 Å². The van der Waals surface area contributed by atoms with Crippen LogP contribution in [0, 0.1) is 0 Å². The van der Waals surface area contributed by atoms with Crippen LogP contribution in [0.25, 0.3) is 0 Å². The molecule has 1 aromatic carbocycles. The molecule has 7 nitrogen and oxygen atoms in total. The summed E-state index contributed by atoms with van der Waals surface area (Å²) in [6, 6.07) is 4.14. The number of carbonyl (C=O) groups is 2. The highest BCUT2D eigenvalue weighted by Crippen LogP contribution is 2.45. The fourth-order valence-corrected chi connectivity index (χ4v) is 5.10. The fraction of sp³-hybridized carbons (Fsp3) is 0.480. The molecule has 0 spiro atoms. The molecule has 1 aromatic rings. The van der Waals surface area contributed by atoms with Crippen molar-refractivity contribution in [2.75, 3.05) is 40.3 Å². The van der Waals surface area contributed by atoms with Gasteiger partial charge in [0.15, 0.2) is 5.17 Å². The van der Waals surface area contributed by atoms with Crippen LogP contribution in [0.2, 0.25) is 0 Å². The number of halogens is 3. The Balaban J connectivity index is 2.00. The smallest absolute Gasteiger partial charge is 0.354 e. The molecule has 0 saturated heterocycles. The van der Waals surface area contributed by atoms with Gasteiger partial charge in [-0.05, 0) is 58.0 Å². The predicted octanol–water partition coefficient (Wildman–Crippen LogP) is 4.22. The number of benzene rings is 1. The Morgan fingerprint density at radius 3 is 2.33 bits per heavy atom. The number of likely N-dealkylation sites (N-methyl/N-ethyl adjacent to an activating group) is 2. The minimum absolute atomic E-state index is 0.0579. The Labute approximate surface area is 214 Å². The van der Waals surface area contributed by atoms with E-state index in [4.69, 9.17) is 0 Å². The summed E-state index contributed by atoms with van der Waals surface area (Å²) in [4.78, 5) is 36.3. The molecule has 2 heterocycles. The maximum Gasteiger partial charge on any atom is 0.416 e. The second-order valence-electron chi connectivity index (χ2n) is 8.82. The molecule has 0 aliphatic carbocycles. The first-order valence-corrected chi connectivity index (χ1v) is 12.7. The Kier molecular flexibility index (Phi) is 8.89. The van der Waals surface area contributed by atoms with Gasteiger partial charge in [0.2, 0.25) is 5.91 Å². The van der Waals surface area contributed by atoms with E-state index in [0.29, 0.717) is 53.9 Å². The van der Waals surface area contributed by atoms with Gasteiger partial charge in [-0.15, -0.1) is 0 Å². The fourth-order valence-electron chi connectivity index (χ4n) is 4.14. The number of nitrogens with zero attached hydrogens (tertiary/aromatic N) is 4. The number of hydrogen-bond donors (Lipinski definition) is 1. The van der Waals surface area contributed by atoms with Crippen molar-refractivity contribution in [3.05, 3.63) is 57.8 Å². The van der Waals surface area contributed by atoms with Gasteiger partial charge in [-0.2, -0.15) is 13.2 Å². The van der Waals surface area contributed by atoms with E-state index in [0.717, 1.165) is 12.1 Å². The Bertz CT molecular complexity index is 1080. The molecule has 0 aromatic heterocycles. The second kappa shape index (κ2) is 11.5. The van der Waals surface area contributed by atoms with Crippen LogP contribution in [0.15, 0.2) is 51.6 Å². The van der Waals surface area contributed by atoms with Crippen LogP contribution < -0.4 is 5.32 Å². The summed E-state index contributed by atoms with van der Waals surface area (Å²) in [6.07, 6.45) is -4.41. The van der Waals surface area contributed by atoms with Gasteiger partial charge in [0, 0.05) is 31.9 Å². The third-order valence-electron chi connectivity index (χ3n) is 6.06. The molecule has 0 saturated carbocycles. The number of thioether (sulfide) groups is 1. The number of carbonyl (C=O) groups excluding carboxylic acids is 2. The molecule has 1 atom stereocenters. The van der Waals surface area contributed by atoms with Gasteiger partial charge in [-0.1, -0.05) is 23.9 Å². The molecule has 2 aliphatic rings. The SMILES string of the molecule is CCN(CC)C(=O)C1=C(C)N=C2SC=C(CC(=O)NCCN(C)C)N2[C@@H]1c1ccc(C(F)(F)F)cc1. The summed E-state index contributed by atoms with van der Waals surface area (Å²) in [5.74, 6) is -0.407. The van der Waals surface area contributed by atoms with Crippen LogP contribution in [0.4, 0.5) is 13.2 Å². The normalized spacial score (nSPS) is 17.7. The van der Waals surface area contributed by atoms with Crippen LogP contribution in [0.1, 0.15) is 44.4 Å². The van der Waals surface area contributed by atoms with Crippen LogP contribution in [0.3, 0.4) is 0 Å². The number of aliphatic imine (C=N–C) groups is 1. The first-order chi connectivity index (χ1) is 17.0. The Morgan fingerprint density at radius 1 is 1.14 bits per heavy atom. The van der Waals surface area contributed by atoms with Crippen molar-refractivity contribution in [2.45, 2.75) is 39.4 Å². The molecule has 2 amide bonds. The Hall–Kier alpha value is -2.79. The molecule has 196 valence electrons. The second-order valence-corrected chi connectivity index (χ2v) is 9.66. The lowest BCUT2D eigenvalue weighted by atomic mass is 9.92. The zero-order valence-corrected chi connectivity index (χ0v) is 22.0. The van der Waals surface area contributed by atoms with Crippen LogP contribution >= 0.6 is 11.8 Å². The van der Waals surface area contributed by atoms with Crippen LogP contribution in [-0.2, 0) is 15.8 Å². The first-order valence-electron chi connectivity index (χ1n) is 11.8. The molecule has 3 rings (SSSR count). The van der Waals surface area contributed by atoms with E-state index in [2.05, 4.69) is 10.3 Å². The lowest BCUT2D eigenvalue weighted by molar-refractivity contribution is -0.137. The maximum atomic E-state index is 13.6. The van der Waals surface area contributed by atoms with Gasteiger partial charge in [0.05, 0.1) is 29.3 Å². The Morgan fingerprint density at radius 2 is 1.78 bits per heavy atom. The zero-order chi connectivity index (χ0) is 26.6. The van der Waals surface area contributed by atoms with E-state index in [1.165, 1.54) is 23.9 Å². The van der Waals surface area contributed by atoms with Gasteiger partial charge in [-0.3, -0.25) is 9.59 Å². The van der Waals surface area contributed by atoms with Crippen molar-refractivity contribution in [3.63, 3.8) is 0 Å². The van der Waals surface area contributed by atoms with Gasteiger partial charge in [-0.25, -0.2) is 4.99 Å². The van der Waals surface area contributed by atoms with Gasteiger partial charge in [0.25, 0.3) is 5.91 Å². The standard InChI is InChI=1S/C25H32F3N5O2S/c1-6-32(7-2)23(35)21-16(3)30-24-33(19(15-36-24)14-20(34)29-12-13-31(4)5)22(21)17-8-10-18(11-9-17)25(26,27)28/h8-11,15,22H,6-7,12-14H2,1-5H3,(H,29,34)/t22-/m1/s1. The number of amides is 2. The first kappa shape index (κ1) is 27.8. The van der Waals surface area contributed by atoms with E-state index < -0.39 is 17.8 Å². The molecule has 0 unspecified atom stereocenters. The molecular formula is C25H32F3N5O2S. The van der Waals surface area contributed by atoms with Gasteiger partial charge in [0.1, 0.15) is 0 Å². The van der Waals surface area contributed by atoms with E-state index in [1.807, 2.05) is 43.2 Å². The average molecular weight is 524 g/mol.